The highest BCUT2D eigenvalue weighted by Crippen LogP contribution is 2.34. The predicted octanol–water partition coefficient (Wildman–Crippen LogP) is 2.59. The van der Waals surface area contributed by atoms with Gasteiger partial charge >= 0.3 is 0 Å². The predicted molar refractivity (Wildman–Crippen MR) is 122 cm³/mol. The molecule has 0 saturated carbocycles. The summed E-state index contributed by atoms with van der Waals surface area (Å²) in [5.74, 6) is 1.54. The molecule has 5 atom stereocenters. The van der Waals surface area contributed by atoms with Crippen LogP contribution in [0.4, 0.5) is 0 Å². The Kier molecular flexibility index (Phi) is 6.76. The fourth-order valence-electron chi connectivity index (χ4n) is 5.42. The lowest BCUT2D eigenvalue weighted by Gasteiger charge is -2.46. The van der Waals surface area contributed by atoms with Gasteiger partial charge in [0.05, 0.1) is 31.9 Å². The van der Waals surface area contributed by atoms with E-state index >= 15 is 0 Å². The minimum absolute atomic E-state index is 0.111. The Balaban J connectivity index is 1.19. The zero-order chi connectivity index (χ0) is 21.9. The van der Waals surface area contributed by atoms with Crippen molar-refractivity contribution in [2.45, 2.75) is 56.4 Å². The smallest absolute Gasteiger partial charge is 0.176 e. The van der Waals surface area contributed by atoms with E-state index in [1.165, 1.54) is 5.56 Å². The van der Waals surface area contributed by atoms with Crippen molar-refractivity contribution in [2.75, 3.05) is 26.8 Å². The highest BCUT2D eigenvalue weighted by Gasteiger charge is 2.52. The van der Waals surface area contributed by atoms with E-state index in [1.54, 1.807) is 7.11 Å². The highest BCUT2D eigenvalue weighted by molar-refractivity contribution is 5.27. The fourth-order valence-corrected chi connectivity index (χ4v) is 5.42. The molecule has 32 heavy (non-hydrogen) atoms. The third kappa shape index (κ3) is 4.70. The summed E-state index contributed by atoms with van der Waals surface area (Å²) < 4.78 is 17.4. The van der Waals surface area contributed by atoms with Crippen molar-refractivity contribution in [3.05, 3.63) is 65.7 Å². The van der Waals surface area contributed by atoms with Crippen LogP contribution >= 0.6 is 0 Å². The van der Waals surface area contributed by atoms with E-state index in [-0.39, 0.29) is 24.5 Å². The second-order valence-corrected chi connectivity index (χ2v) is 9.28. The van der Waals surface area contributed by atoms with Gasteiger partial charge < -0.3 is 24.6 Å². The van der Waals surface area contributed by atoms with Gasteiger partial charge in [-0.15, -0.1) is 0 Å². The number of rotatable bonds is 7. The normalized spacial score (nSPS) is 31.0. The molecule has 2 aromatic rings. The molecule has 3 aliphatic heterocycles. The zero-order valence-corrected chi connectivity index (χ0v) is 18.7. The lowest BCUT2D eigenvalue weighted by molar-refractivity contribution is -0.186. The number of aliphatic hydroxyl groups excluding tert-OH is 1. The molecule has 3 aliphatic rings. The van der Waals surface area contributed by atoms with Crippen molar-refractivity contribution in [1.82, 2.24) is 10.2 Å². The van der Waals surface area contributed by atoms with Crippen LogP contribution in [-0.2, 0) is 22.4 Å². The minimum Gasteiger partial charge on any atom is -0.497 e. The summed E-state index contributed by atoms with van der Waals surface area (Å²) in [6.07, 6.45) is 2.44. The molecule has 3 fully saturated rings. The number of likely N-dealkylation sites (tertiary alicyclic amines) is 1. The van der Waals surface area contributed by atoms with Gasteiger partial charge in [-0.1, -0.05) is 42.5 Å². The Morgan fingerprint density at radius 2 is 1.78 bits per heavy atom. The fraction of sp³-hybridized carbons (Fsp3) is 0.538. The minimum atomic E-state index is -0.523. The lowest BCUT2D eigenvalue weighted by Crippen LogP contribution is -2.65. The molecule has 0 aliphatic carbocycles. The molecular weight excluding hydrogens is 404 g/mol. The number of ether oxygens (including phenoxy) is 3. The molecule has 3 saturated heterocycles. The number of benzene rings is 2. The van der Waals surface area contributed by atoms with Crippen molar-refractivity contribution in [3.63, 3.8) is 0 Å². The average Bonchev–Trinajstić information content (AvgIpc) is 3.26. The van der Waals surface area contributed by atoms with Crippen LogP contribution in [0.15, 0.2) is 54.6 Å². The molecule has 0 amide bonds. The molecule has 2 aromatic carbocycles. The van der Waals surface area contributed by atoms with Crippen molar-refractivity contribution in [1.29, 1.82) is 0 Å². The van der Waals surface area contributed by atoms with Crippen LogP contribution in [-0.4, -0.2) is 67.4 Å². The van der Waals surface area contributed by atoms with Crippen LogP contribution in [0.2, 0.25) is 0 Å². The first-order valence-corrected chi connectivity index (χ1v) is 11.8. The van der Waals surface area contributed by atoms with Crippen LogP contribution in [0.5, 0.6) is 5.75 Å². The van der Waals surface area contributed by atoms with Crippen molar-refractivity contribution in [2.24, 2.45) is 5.92 Å². The van der Waals surface area contributed by atoms with Gasteiger partial charge in [0.2, 0.25) is 0 Å². The van der Waals surface area contributed by atoms with Gasteiger partial charge in [-0.2, -0.15) is 0 Å². The van der Waals surface area contributed by atoms with Gasteiger partial charge in [-0.25, -0.2) is 0 Å². The molecule has 172 valence electrons. The van der Waals surface area contributed by atoms with E-state index in [1.807, 2.05) is 24.3 Å². The molecular formula is C26H34N2O4. The number of fused-ring (bicyclic) bond motifs is 2. The number of piperidine rings is 1. The Hall–Kier alpha value is -1.96. The Morgan fingerprint density at radius 3 is 2.50 bits per heavy atom. The van der Waals surface area contributed by atoms with Gasteiger partial charge in [-0.05, 0) is 61.5 Å². The Morgan fingerprint density at radius 1 is 1.03 bits per heavy atom. The standard InChI is InChI=1S/C26H34N2O4/c1-30-21-9-7-20(8-10-21)16-27-23-22-17-31-26(32-22)24(25(23)29)28-13-11-19(12-14-28)15-18-5-3-2-4-6-18/h2-10,19,22-27,29H,11-17H2,1H3/t22-,23-,24+,25-,26+/m0/s1. The summed E-state index contributed by atoms with van der Waals surface area (Å²) >= 11 is 0. The van der Waals surface area contributed by atoms with E-state index in [2.05, 4.69) is 40.5 Å². The van der Waals surface area contributed by atoms with Gasteiger partial charge in [0.1, 0.15) is 11.9 Å². The summed E-state index contributed by atoms with van der Waals surface area (Å²) in [7, 11) is 1.67. The van der Waals surface area contributed by atoms with Crippen molar-refractivity contribution in [3.8, 4) is 5.75 Å². The summed E-state index contributed by atoms with van der Waals surface area (Å²) in [4.78, 5) is 2.39. The maximum Gasteiger partial charge on any atom is 0.176 e. The van der Waals surface area contributed by atoms with Crippen molar-refractivity contribution >= 4 is 0 Å². The molecule has 6 nitrogen and oxygen atoms in total. The first-order valence-electron chi connectivity index (χ1n) is 11.8. The highest BCUT2D eigenvalue weighted by atomic mass is 16.7. The number of nitrogens with zero attached hydrogens (tertiary/aromatic N) is 1. The molecule has 2 N–H and O–H groups in total. The summed E-state index contributed by atoms with van der Waals surface area (Å²) in [5.41, 5.74) is 2.56. The molecule has 0 aromatic heterocycles. The maximum atomic E-state index is 11.3. The third-order valence-corrected chi connectivity index (χ3v) is 7.27. The van der Waals surface area contributed by atoms with E-state index in [9.17, 15) is 5.11 Å². The van der Waals surface area contributed by atoms with E-state index < -0.39 is 6.10 Å². The second-order valence-electron chi connectivity index (χ2n) is 9.28. The average molecular weight is 439 g/mol. The van der Waals surface area contributed by atoms with Crippen LogP contribution < -0.4 is 10.1 Å². The molecule has 5 rings (SSSR count). The summed E-state index contributed by atoms with van der Waals surface area (Å²) in [6.45, 7) is 3.14. The molecule has 0 unspecified atom stereocenters. The second kappa shape index (κ2) is 9.89. The first-order chi connectivity index (χ1) is 15.7. The van der Waals surface area contributed by atoms with Gasteiger partial charge in [-0.3, -0.25) is 4.90 Å². The summed E-state index contributed by atoms with van der Waals surface area (Å²) in [6, 6.07) is 18.5. The van der Waals surface area contributed by atoms with Crippen molar-refractivity contribution < 1.29 is 19.3 Å². The zero-order valence-electron chi connectivity index (χ0n) is 18.7. The van der Waals surface area contributed by atoms with E-state index in [4.69, 9.17) is 14.2 Å². The van der Waals surface area contributed by atoms with E-state index in [0.29, 0.717) is 19.1 Å². The topological polar surface area (TPSA) is 63.2 Å². The number of hydrogen-bond donors (Lipinski definition) is 2. The van der Waals surface area contributed by atoms with Gasteiger partial charge in [0, 0.05) is 6.54 Å². The SMILES string of the molecule is COc1ccc(CN[C@@H]2[C@H](O)[C@@H](N3CCC(Cc4ccccc4)CC3)[C@@H]3OC[C@@H]2O3)cc1. The third-order valence-electron chi connectivity index (χ3n) is 7.27. The molecule has 0 radical (unpaired) electrons. The molecule has 3 heterocycles. The first kappa shape index (κ1) is 21.9. The molecule has 6 heteroatoms. The van der Waals surface area contributed by atoms with Crippen LogP contribution in [0, 0.1) is 5.92 Å². The number of methoxy groups -OCH3 is 1. The van der Waals surface area contributed by atoms with Crippen LogP contribution in [0.1, 0.15) is 24.0 Å². The Labute approximate surface area is 190 Å². The number of hydrogen-bond acceptors (Lipinski definition) is 6. The molecule has 2 bridgehead atoms. The Bertz CT molecular complexity index is 854. The molecule has 0 spiro atoms. The van der Waals surface area contributed by atoms with Crippen LogP contribution in [0.25, 0.3) is 0 Å². The summed E-state index contributed by atoms with van der Waals surface area (Å²) in [5, 5.41) is 14.9. The lowest BCUT2D eigenvalue weighted by atomic mass is 9.87. The van der Waals surface area contributed by atoms with E-state index in [0.717, 1.165) is 43.7 Å². The van der Waals surface area contributed by atoms with Gasteiger partial charge in [0.25, 0.3) is 0 Å². The quantitative estimate of drug-likeness (QED) is 0.693. The van der Waals surface area contributed by atoms with Gasteiger partial charge in [0.15, 0.2) is 6.29 Å². The maximum absolute atomic E-state index is 11.3. The largest absolute Gasteiger partial charge is 0.497 e. The monoisotopic (exact) mass is 438 g/mol. The number of nitrogens with one attached hydrogen (secondary N) is 1. The number of aliphatic hydroxyl groups is 1. The van der Waals surface area contributed by atoms with Crippen LogP contribution in [0.3, 0.4) is 0 Å².